The summed E-state index contributed by atoms with van der Waals surface area (Å²) in [5.74, 6) is -2.35. The zero-order valence-electron chi connectivity index (χ0n) is 19.9. The topological polar surface area (TPSA) is 106 Å². The Kier molecular flexibility index (Phi) is 8.53. The van der Waals surface area contributed by atoms with Crippen LogP contribution in [0.2, 0.25) is 0 Å². The van der Waals surface area contributed by atoms with Crippen LogP contribution in [0, 0.1) is 23.0 Å². The van der Waals surface area contributed by atoms with E-state index in [-0.39, 0.29) is 35.4 Å². The van der Waals surface area contributed by atoms with Crippen LogP contribution in [0.1, 0.15) is 69.2 Å². The number of Topliss-reactive ketones (excluding diaryl/α,β-unsaturated/α-hetero) is 1. The molecule has 1 aliphatic rings. The van der Waals surface area contributed by atoms with Crippen molar-refractivity contribution in [1.82, 2.24) is 10.3 Å². The van der Waals surface area contributed by atoms with Crippen molar-refractivity contribution in [2.24, 2.45) is 11.3 Å². The van der Waals surface area contributed by atoms with Crippen LogP contribution in [0.5, 0.6) is 11.6 Å². The number of aliphatic carboxylic acids is 1. The number of ether oxygens (including phenoxy) is 1. The molecular formula is C26H30F2N2O5. The van der Waals surface area contributed by atoms with Gasteiger partial charge in [0.1, 0.15) is 22.8 Å². The van der Waals surface area contributed by atoms with E-state index < -0.39 is 28.9 Å². The smallest absolute Gasteiger partial charge is 0.318 e. The van der Waals surface area contributed by atoms with Crippen molar-refractivity contribution in [1.29, 1.82) is 0 Å². The molecule has 0 saturated heterocycles. The van der Waals surface area contributed by atoms with Gasteiger partial charge in [0.2, 0.25) is 11.8 Å². The van der Waals surface area contributed by atoms with Gasteiger partial charge in [0.15, 0.2) is 5.78 Å². The molecule has 0 spiro atoms. The highest BCUT2D eigenvalue weighted by Gasteiger charge is 2.37. The summed E-state index contributed by atoms with van der Waals surface area (Å²) in [6.07, 6.45) is 5.83. The van der Waals surface area contributed by atoms with Gasteiger partial charge in [0, 0.05) is 12.5 Å². The van der Waals surface area contributed by atoms with Crippen molar-refractivity contribution in [3.05, 3.63) is 53.7 Å². The number of benzene rings is 1. The number of aromatic nitrogens is 1. The molecule has 188 valence electrons. The molecule has 0 radical (unpaired) electrons. The first-order valence-corrected chi connectivity index (χ1v) is 11.7. The van der Waals surface area contributed by atoms with Crippen LogP contribution >= 0.6 is 0 Å². The van der Waals surface area contributed by atoms with Gasteiger partial charge in [-0.3, -0.25) is 14.4 Å². The monoisotopic (exact) mass is 488 g/mol. The molecule has 1 heterocycles. The summed E-state index contributed by atoms with van der Waals surface area (Å²) in [4.78, 5) is 40.1. The van der Waals surface area contributed by atoms with E-state index in [4.69, 9.17) is 4.74 Å². The van der Waals surface area contributed by atoms with Gasteiger partial charge in [-0.1, -0.05) is 6.42 Å². The fourth-order valence-corrected chi connectivity index (χ4v) is 4.07. The Hall–Kier alpha value is -3.36. The highest BCUT2D eigenvalue weighted by Crippen LogP contribution is 2.30. The van der Waals surface area contributed by atoms with E-state index in [0.717, 1.165) is 44.4 Å². The third-order valence-corrected chi connectivity index (χ3v) is 6.45. The minimum Gasteiger partial charge on any atom is -0.480 e. The molecule has 0 aliphatic heterocycles. The number of carboxylic acids is 1. The van der Waals surface area contributed by atoms with Gasteiger partial charge in [-0.2, -0.15) is 0 Å². The number of hydrogen-bond donors (Lipinski definition) is 2. The Morgan fingerprint density at radius 2 is 1.74 bits per heavy atom. The lowest BCUT2D eigenvalue weighted by Gasteiger charge is -2.31. The largest absolute Gasteiger partial charge is 0.480 e. The number of carboxylic acid groups (broad SMARTS) is 1. The van der Waals surface area contributed by atoms with Crippen LogP contribution in [0.3, 0.4) is 0 Å². The third kappa shape index (κ3) is 7.07. The van der Waals surface area contributed by atoms with Gasteiger partial charge in [-0.15, -0.1) is 0 Å². The van der Waals surface area contributed by atoms with E-state index in [1.165, 1.54) is 38.1 Å². The maximum absolute atomic E-state index is 13.8. The molecule has 1 aromatic carbocycles. The van der Waals surface area contributed by atoms with Crippen molar-refractivity contribution in [3.63, 3.8) is 0 Å². The van der Waals surface area contributed by atoms with E-state index in [0.29, 0.717) is 12.3 Å². The number of carbonyl (C=O) groups excluding carboxylic acids is 2. The number of carbonyl (C=O) groups is 3. The Balaban J connectivity index is 1.48. The highest BCUT2D eigenvalue weighted by atomic mass is 19.1. The first kappa shape index (κ1) is 26.2. The van der Waals surface area contributed by atoms with Crippen molar-refractivity contribution in [2.75, 3.05) is 0 Å². The standard InChI is InChI=1S/C26H30F2N2O5/c1-26(2,25(33)34)24(32)30-19-10-6-16(7-11-19)4-3-5-22(31)21-14-18(28)15-29-23(21)35-20-12-8-17(27)9-13-20/h8-9,12-16,19H,3-7,10-11H2,1-2H3,(H,30,32)(H,33,34). The number of pyridine rings is 1. The molecule has 0 unspecified atom stereocenters. The maximum atomic E-state index is 13.8. The lowest BCUT2D eigenvalue weighted by molar-refractivity contribution is -0.153. The number of nitrogens with one attached hydrogen (secondary N) is 1. The molecule has 0 bridgehead atoms. The maximum Gasteiger partial charge on any atom is 0.318 e. The average Bonchev–Trinajstić information content (AvgIpc) is 2.82. The summed E-state index contributed by atoms with van der Waals surface area (Å²) in [6, 6.07) is 6.27. The summed E-state index contributed by atoms with van der Waals surface area (Å²) in [6.45, 7) is 2.77. The van der Waals surface area contributed by atoms with E-state index >= 15 is 0 Å². The number of rotatable bonds is 10. The minimum absolute atomic E-state index is 0.0245. The second-order valence-corrected chi connectivity index (χ2v) is 9.50. The van der Waals surface area contributed by atoms with Crippen LogP contribution in [-0.4, -0.2) is 33.8 Å². The summed E-state index contributed by atoms with van der Waals surface area (Å²) < 4.78 is 32.5. The van der Waals surface area contributed by atoms with E-state index in [9.17, 15) is 28.3 Å². The lowest BCUT2D eigenvalue weighted by atomic mass is 9.82. The first-order valence-electron chi connectivity index (χ1n) is 11.7. The van der Waals surface area contributed by atoms with Gasteiger partial charge in [0.05, 0.1) is 11.8 Å². The number of ketones is 1. The van der Waals surface area contributed by atoms with E-state index in [2.05, 4.69) is 10.3 Å². The molecule has 1 aromatic heterocycles. The second-order valence-electron chi connectivity index (χ2n) is 9.50. The van der Waals surface area contributed by atoms with Crippen LogP contribution < -0.4 is 10.1 Å². The minimum atomic E-state index is -1.47. The van der Waals surface area contributed by atoms with Gasteiger partial charge < -0.3 is 15.2 Å². The van der Waals surface area contributed by atoms with Crippen molar-refractivity contribution < 1.29 is 33.0 Å². The second kappa shape index (κ2) is 11.4. The number of amides is 1. The summed E-state index contributed by atoms with van der Waals surface area (Å²) in [5.41, 5.74) is -1.43. The first-order chi connectivity index (χ1) is 16.6. The number of nitrogens with zero attached hydrogens (tertiary/aromatic N) is 1. The zero-order chi connectivity index (χ0) is 25.6. The molecular weight excluding hydrogens is 458 g/mol. The summed E-state index contributed by atoms with van der Waals surface area (Å²) >= 11 is 0. The van der Waals surface area contributed by atoms with Crippen LogP contribution in [0.15, 0.2) is 36.5 Å². The molecule has 1 saturated carbocycles. The van der Waals surface area contributed by atoms with Gasteiger partial charge in [0.25, 0.3) is 0 Å². The molecule has 9 heteroatoms. The number of halogens is 2. The van der Waals surface area contributed by atoms with Crippen LogP contribution in [0.4, 0.5) is 8.78 Å². The fourth-order valence-electron chi connectivity index (χ4n) is 4.07. The Morgan fingerprint density at radius 1 is 1.09 bits per heavy atom. The molecule has 1 aliphatic carbocycles. The van der Waals surface area contributed by atoms with E-state index in [1.54, 1.807) is 0 Å². The molecule has 7 nitrogen and oxygen atoms in total. The normalized spacial score (nSPS) is 18.1. The Bertz CT molecular complexity index is 1060. The summed E-state index contributed by atoms with van der Waals surface area (Å²) in [7, 11) is 0. The van der Waals surface area contributed by atoms with Crippen LogP contribution in [-0.2, 0) is 9.59 Å². The molecule has 1 fully saturated rings. The summed E-state index contributed by atoms with van der Waals surface area (Å²) in [5, 5.41) is 12.0. The SMILES string of the molecule is CC(C)(C(=O)O)C(=O)NC1CCC(CCCC(=O)c2cc(F)cnc2Oc2ccc(F)cc2)CC1. The van der Waals surface area contributed by atoms with Crippen LogP contribution in [0.25, 0.3) is 0 Å². The number of hydrogen-bond acceptors (Lipinski definition) is 5. The van der Waals surface area contributed by atoms with Gasteiger partial charge in [-0.05, 0) is 82.2 Å². The zero-order valence-corrected chi connectivity index (χ0v) is 19.9. The highest BCUT2D eigenvalue weighted by molar-refractivity contribution is 6.01. The quantitative estimate of drug-likeness (QED) is 0.348. The molecule has 2 aromatic rings. The van der Waals surface area contributed by atoms with Gasteiger partial charge in [-0.25, -0.2) is 13.8 Å². The van der Waals surface area contributed by atoms with Gasteiger partial charge >= 0.3 is 5.97 Å². The lowest BCUT2D eigenvalue weighted by Crippen LogP contribution is -2.47. The average molecular weight is 489 g/mol. The Morgan fingerprint density at radius 3 is 2.37 bits per heavy atom. The molecule has 1 amide bonds. The molecule has 35 heavy (non-hydrogen) atoms. The van der Waals surface area contributed by atoms with Crippen molar-refractivity contribution in [3.8, 4) is 11.6 Å². The third-order valence-electron chi connectivity index (χ3n) is 6.45. The predicted molar refractivity (Wildman–Crippen MR) is 124 cm³/mol. The Labute approximate surface area is 202 Å². The van der Waals surface area contributed by atoms with Crippen molar-refractivity contribution >= 4 is 17.7 Å². The molecule has 2 N–H and O–H groups in total. The van der Waals surface area contributed by atoms with Crippen molar-refractivity contribution in [2.45, 2.75) is 64.8 Å². The molecule has 0 atom stereocenters. The van der Waals surface area contributed by atoms with E-state index in [1.807, 2.05) is 0 Å². The predicted octanol–water partition coefficient (Wildman–Crippen LogP) is 5.29. The molecule has 3 rings (SSSR count). The fraction of sp³-hybridized carbons (Fsp3) is 0.462.